The van der Waals surface area contributed by atoms with Gasteiger partial charge in [-0.1, -0.05) is 19.8 Å². The van der Waals surface area contributed by atoms with Crippen LogP contribution in [0.1, 0.15) is 37.9 Å². The second-order valence-corrected chi connectivity index (χ2v) is 3.26. The highest BCUT2D eigenvalue weighted by atomic mass is 16.5. The Kier molecular flexibility index (Phi) is 4.40. The van der Waals surface area contributed by atoms with Crippen molar-refractivity contribution >= 4 is 0 Å². The van der Waals surface area contributed by atoms with Gasteiger partial charge in [0.15, 0.2) is 0 Å². The van der Waals surface area contributed by atoms with E-state index in [0.717, 1.165) is 24.8 Å². The third kappa shape index (κ3) is 2.70. The lowest BCUT2D eigenvalue weighted by molar-refractivity contribution is 0.159. The first kappa shape index (κ1) is 11.0. The maximum atomic E-state index is 9.84. The third-order valence-electron chi connectivity index (χ3n) is 2.18. The summed E-state index contributed by atoms with van der Waals surface area (Å²) in [5.41, 5.74) is 0.781. The van der Waals surface area contributed by atoms with E-state index in [1.165, 1.54) is 0 Å². The Morgan fingerprint density at radius 1 is 1.57 bits per heavy atom. The van der Waals surface area contributed by atoms with E-state index in [1.807, 2.05) is 12.1 Å². The van der Waals surface area contributed by atoms with Gasteiger partial charge in [-0.15, -0.1) is 0 Å². The first-order valence-electron chi connectivity index (χ1n) is 4.96. The maximum Gasteiger partial charge on any atom is 0.218 e. The number of hydrogen-bond acceptors (Lipinski definition) is 3. The van der Waals surface area contributed by atoms with Gasteiger partial charge in [0, 0.05) is 11.8 Å². The molecule has 1 aromatic heterocycles. The average Bonchev–Trinajstić information content (AvgIpc) is 2.25. The second kappa shape index (κ2) is 5.60. The Bertz CT molecular complexity index is 276. The predicted octanol–water partition coefficient (Wildman–Crippen LogP) is 2.31. The zero-order chi connectivity index (χ0) is 10.4. The summed E-state index contributed by atoms with van der Waals surface area (Å²) < 4.78 is 5.08. The van der Waals surface area contributed by atoms with Gasteiger partial charge in [0.1, 0.15) is 0 Å². The molecule has 0 saturated carbocycles. The van der Waals surface area contributed by atoms with E-state index < -0.39 is 6.10 Å². The number of methoxy groups -OCH3 is 1. The minimum atomic E-state index is -0.460. The average molecular weight is 195 g/mol. The van der Waals surface area contributed by atoms with Crippen LogP contribution in [-0.2, 0) is 0 Å². The van der Waals surface area contributed by atoms with Crippen LogP contribution in [-0.4, -0.2) is 17.2 Å². The highest BCUT2D eigenvalue weighted by Gasteiger charge is 2.12. The monoisotopic (exact) mass is 195 g/mol. The summed E-state index contributed by atoms with van der Waals surface area (Å²) >= 11 is 0. The van der Waals surface area contributed by atoms with Crippen LogP contribution in [0.3, 0.4) is 0 Å². The van der Waals surface area contributed by atoms with Crippen LogP contribution in [0, 0.1) is 0 Å². The maximum absolute atomic E-state index is 9.84. The molecule has 0 aromatic carbocycles. The largest absolute Gasteiger partial charge is 0.481 e. The lowest BCUT2D eigenvalue weighted by atomic mass is 10.1. The minimum absolute atomic E-state index is 0.460. The number of ether oxygens (including phenoxy) is 1. The van der Waals surface area contributed by atoms with E-state index in [2.05, 4.69) is 11.9 Å². The Morgan fingerprint density at radius 3 is 3.00 bits per heavy atom. The molecule has 0 saturated heterocycles. The molecule has 1 unspecified atom stereocenters. The van der Waals surface area contributed by atoms with Crippen molar-refractivity contribution in [2.75, 3.05) is 7.11 Å². The van der Waals surface area contributed by atoms with Gasteiger partial charge in [-0.3, -0.25) is 0 Å². The molecule has 1 rings (SSSR count). The number of hydrogen-bond donors (Lipinski definition) is 1. The molecule has 0 bridgehead atoms. The van der Waals surface area contributed by atoms with E-state index in [-0.39, 0.29) is 0 Å². The summed E-state index contributed by atoms with van der Waals surface area (Å²) in [7, 11) is 1.57. The van der Waals surface area contributed by atoms with Crippen LogP contribution in [0.4, 0.5) is 0 Å². The second-order valence-electron chi connectivity index (χ2n) is 3.26. The lowest BCUT2D eigenvalue weighted by Gasteiger charge is -2.12. The van der Waals surface area contributed by atoms with E-state index in [0.29, 0.717) is 5.88 Å². The molecule has 1 N–H and O–H groups in total. The van der Waals surface area contributed by atoms with Crippen LogP contribution in [0.2, 0.25) is 0 Å². The first-order valence-corrected chi connectivity index (χ1v) is 4.96. The van der Waals surface area contributed by atoms with Crippen LogP contribution in [0.5, 0.6) is 5.88 Å². The quantitative estimate of drug-likeness (QED) is 0.784. The van der Waals surface area contributed by atoms with Crippen molar-refractivity contribution < 1.29 is 9.84 Å². The molecule has 3 heteroatoms. The Balaban J connectivity index is 2.72. The van der Waals surface area contributed by atoms with E-state index in [1.54, 1.807) is 13.3 Å². The molecule has 3 nitrogen and oxygen atoms in total. The van der Waals surface area contributed by atoms with Crippen LogP contribution >= 0.6 is 0 Å². The first-order chi connectivity index (χ1) is 6.79. The minimum Gasteiger partial charge on any atom is -0.481 e. The van der Waals surface area contributed by atoms with Gasteiger partial charge < -0.3 is 9.84 Å². The summed E-state index contributed by atoms with van der Waals surface area (Å²) in [6.45, 7) is 2.10. The zero-order valence-corrected chi connectivity index (χ0v) is 8.73. The molecule has 0 spiro atoms. The van der Waals surface area contributed by atoms with E-state index >= 15 is 0 Å². The molecule has 1 aromatic rings. The number of nitrogens with zero attached hydrogens (tertiary/aromatic N) is 1. The molecule has 0 aliphatic heterocycles. The number of rotatable bonds is 5. The normalized spacial score (nSPS) is 12.5. The molecule has 0 aliphatic rings. The fourth-order valence-electron chi connectivity index (χ4n) is 1.38. The smallest absolute Gasteiger partial charge is 0.218 e. The van der Waals surface area contributed by atoms with Gasteiger partial charge >= 0.3 is 0 Å². The number of aromatic nitrogens is 1. The van der Waals surface area contributed by atoms with Crippen molar-refractivity contribution in [2.24, 2.45) is 0 Å². The molecular formula is C11H17NO2. The van der Waals surface area contributed by atoms with Gasteiger partial charge in [0.2, 0.25) is 5.88 Å². The SMILES string of the molecule is CCCCC(O)c1cccnc1OC. The molecule has 14 heavy (non-hydrogen) atoms. The standard InChI is InChI=1S/C11H17NO2/c1-3-4-7-10(13)9-6-5-8-12-11(9)14-2/h5-6,8,10,13H,3-4,7H2,1-2H3. The molecule has 1 atom stereocenters. The van der Waals surface area contributed by atoms with Crippen LogP contribution in [0.25, 0.3) is 0 Å². The van der Waals surface area contributed by atoms with E-state index in [9.17, 15) is 5.11 Å². The summed E-state index contributed by atoms with van der Waals surface area (Å²) in [4.78, 5) is 4.04. The Hall–Kier alpha value is -1.09. The lowest BCUT2D eigenvalue weighted by Crippen LogP contribution is -2.01. The Morgan fingerprint density at radius 2 is 2.36 bits per heavy atom. The third-order valence-corrected chi connectivity index (χ3v) is 2.18. The highest BCUT2D eigenvalue weighted by molar-refractivity contribution is 5.27. The van der Waals surface area contributed by atoms with Crippen molar-refractivity contribution in [2.45, 2.75) is 32.3 Å². The fourth-order valence-corrected chi connectivity index (χ4v) is 1.38. The highest BCUT2D eigenvalue weighted by Crippen LogP contribution is 2.25. The Labute approximate surface area is 84.7 Å². The summed E-state index contributed by atoms with van der Waals surface area (Å²) in [6.07, 6.45) is 4.06. The van der Waals surface area contributed by atoms with Gasteiger partial charge in [0.05, 0.1) is 13.2 Å². The van der Waals surface area contributed by atoms with Crippen molar-refractivity contribution in [1.29, 1.82) is 0 Å². The van der Waals surface area contributed by atoms with Gasteiger partial charge in [-0.05, 0) is 18.6 Å². The summed E-state index contributed by atoms with van der Waals surface area (Å²) in [5.74, 6) is 0.524. The van der Waals surface area contributed by atoms with Crippen molar-refractivity contribution in [3.63, 3.8) is 0 Å². The van der Waals surface area contributed by atoms with Crippen LogP contribution in [0.15, 0.2) is 18.3 Å². The summed E-state index contributed by atoms with van der Waals surface area (Å²) in [6, 6.07) is 3.67. The topological polar surface area (TPSA) is 42.4 Å². The van der Waals surface area contributed by atoms with Crippen molar-refractivity contribution in [3.8, 4) is 5.88 Å². The molecule has 0 fully saturated rings. The fraction of sp³-hybridized carbons (Fsp3) is 0.545. The predicted molar refractivity (Wildman–Crippen MR) is 55.3 cm³/mol. The number of unbranched alkanes of at least 4 members (excludes halogenated alkanes) is 1. The zero-order valence-electron chi connectivity index (χ0n) is 8.73. The molecule has 78 valence electrons. The molecule has 0 radical (unpaired) electrons. The molecule has 0 aliphatic carbocycles. The van der Waals surface area contributed by atoms with Crippen molar-refractivity contribution in [3.05, 3.63) is 23.9 Å². The van der Waals surface area contributed by atoms with Crippen molar-refractivity contribution in [1.82, 2.24) is 4.98 Å². The van der Waals surface area contributed by atoms with Gasteiger partial charge in [-0.25, -0.2) is 4.98 Å². The summed E-state index contributed by atoms with van der Waals surface area (Å²) in [5, 5.41) is 9.84. The molecular weight excluding hydrogens is 178 g/mol. The van der Waals surface area contributed by atoms with Gasteiger partial charge in [-0.2, -0.15) is 0 Å². The van der Waals surface area contributed by atoms with E-state index in [4.69, 9.17) is 4.74 Å². The number of aliphatic hydroxyl groups is 1. The van der Waals surface area contributed by atoms with Gasteiger partial charge in [0.25, 0.3) is 0 Å². The number of pyridine rings is 1. The number of aliphatic hydroxyl groups excluding tert-OH is 1. The molecule has 1 heterocycles. The van der Waals surface area contributed by atoms with Crippen LogP contribution < -0.4 is 4.74 Å². The molecule has 0 amide bonds.